The second-order valence-electron chi connectivity index (χ2n) is 7.31. The number of likely N-dealkylation sites (tertiary alicyclic amines) is 1. The van der Waals surface area contributed by atoms with Gasteiger partial charge < -0.3 is 37.2 Å². The SMILES string of the molecule is CC(NC(=O)C(N)CCCCN)C(=O)N1CCCC1C(=O)NC(CC(=O)O)C(=O)O. The van der Waals surface area contributed by atoms with Crippen molar-refractivity contribution in [3.8, 4) is 0 Å². The molecule has 0 radical (unpaired) electrons. The van der Waals surface area contributed by atoms with E-state index in [1.54, 1.807) is 0 Å². The highest BCUT2D eigenvalue weighted by atomic mass is 16.4. The molecule has 170 valence electrons. The van der Waals surface area contributed by atoms with Crippen LogP contribution >= 0.6 is 0 Å². The second-order valence-corrected chi connectivity index (χ2v) is 7.31. The number of rotatable bonds is 12. The Balaban J connectivity index is 2.69. The molecule has 30 heavy (non-hydrogen) atoms. The minimum Gasteiger partial charge on any atom is -0.481 e. The van der Waals surface area contributed by atoms with Crippen LogP contribution in [0.4, 0.5) is 0 Å². The molecule has 4 atom stereocenters. The van der Waals surface area contributed by atoms with E-state index in [4.69, 9.17) is 21.7 Å². The van der Waals surface area contributed by atoms with Gasteiger partial charge in [-0.05, 0) is 39.2 Å². The van der Waals surface area contributed by atoms with E-state index < -0.39 is 60.2 Å². The summed E-state index contributed by atoms with van der Waals surface area (Å²) in [5, 5.41) is 22.6. The molecule has 0 spiro atoms. The van der Waals surface area contributed by atoms with Gasteiger partial charge in [-0.3, -0.25) is 19.2 Å². The fourth-order valence-electron chi connectivity index (χ4n) is 3.22. The molecule has 1 fully saturated rings. The maximum Gasteiger partial charge on any atom is 0.326 e. The Bertz CT molecular complexity index is 657. The molecule has 3 amide bonds. The van der Waals surface area contributed by atoms with E-state index in [-0.39, 0.29) is 6.54 Å². The predicted octanol–water partition coefficient (Wildman–Crippen LogP) is -2.02. The number of hydrogen-bond acceptors (Lipinski definition) is 7. The molecule has 0 bridgehead atoms. The standard InChI is InChI=1S/C18H31N5O7/c1-10(21-15(26)11(20)5-2-3-7-19)17(28)23-8-4-6-13(23)16(27)22-12(18(29)30)9-14(24)25/h10-13H,2-9,19-20H2,1H3,(H,21,26)(H,22,27)(H,24,25)(H,29,30). The number of nitrogens with one attached hydrogen (secondary N) is 2. The summed E-state index contributed by atoms with van der Waals surface area (Å²) in [4.78, 5) is 60.6. The number of carbonyl (C=O) groups excluding carboxylic acids is 3. The Morgan fingerprint density at radius 1 is 1.13 bits per heavy atom. The second kappa shape index (κ2) is 12.1. The molecule has 1 aliphatic heterocycles. The summed E-state index contributed by atoms with van der Waals surface area (Å²) in [6, 6.07) is -4.25. The third-order valence-electron chi connectivity index (χ3n) is 4.87. The van der Waals surface area contributed by atoms with Gasteiger partial charge in [0.1, 0.15) is 18.1 Å². The van der Waals surface area contributed by atoms with E-state index in [0.29, 0.717) is 32.2 Å². The Morgan fingerprint density at radius 3 is 2.37 bits per heavy atom. The van der Waals surface area contributed by atoms with Gasteiger partial charge in [0.15, 0.2) is 0 Å². The molecule has 0 aromatic heterocycles. The van der Waals surface area contributed by atoms with Gasteiger partial charge in [0.2, 0.25) is 17.7 Å². The van der Waals surface area contributed by atoms with Crippen LogP contribution in [0.2, 0.25) is 0 Å². The minimum absolute atomic E-state index is 0.260. The van der Waals surface area contributed by atoms with Gasteiger partial charge in [-0.1, -0.05) is 6.42 Å². The molecule has 4 unspecified atom stereocenters. The van der Waals surface area contributed by atoms with Crippen molar-refractivity contribution >= 4 is 29.7 Å². The van der Waals surface area contributed by atoms with Crippen molar-refractivity contribution in [1.29, 1.82) is 0 Å². The number of hydrogen-bond donors (Lipinski definition) is 6. The van der Waals surface area contributed by atoms with E-state index in [0.717, 1.165) is 6.42 Å². The van der Waals surface area contributed by atoms with Crippen molar-refractivity contribution in [3.63, 3.8) is 0 Å². The zero-order valence-electron chi connectivity index (χ0n) is 17.0. The predicted molar refractivity (Wildman–Crippen MR) is 105 cm³/mol. The zero-order chi connectivity index (χ0) is 22.8. The topological polar surface area (TPSA) is 205 Å². The smallest absolute Gasteiger partial charge is 0.326 e. The van der Waals surface area contributed by atoms with Crippen LogP contribution in [0.5, 0.6) is 0 Å². The van der Waals surface area contributed by atoms with Gasteiger partial charge in [-0.25, -0.2) is 4.79 Å². The number of carboxylic acids is 2. The fraction of sp³-hybridized carbons (Fsp3) is 0.722. The van der Waals surface area contributed by atoms with Crippen molar-refractivity contribution in [2.45, 2.75) is 69.6 Å². The molecular weight excluding hydrogens is 398 g/mol. The van der Waals surface area contributed by atoms with Crippen molar-refractivity contribution in [2.24, 2.45) is 11.5 Å². The molecule has 0 aromatic rings. The highest BCUT2D eigenvalue weighted by Gasteiger charge is 2.38. The quantitative estimate of drug-likeness (QED) is 0.189. The highest BCUT2D eigenvalue weighted by Crippen LogP contribution is 2.19. The van der Waals surface area contributed by atoms with Gasteiger partial charge in [0.25, 0.3) is 0 Å². The van der Waals surface area contributed by atoms with Crippen LogP contribution in [0.3, 0.4) is 0 Å². The number of aliphatic carboxylic acids is 2. The van der Waals surface area contributed by atoms with Gasteiger partial charge in [0, 0.05) is 6.54 Å². The summed E-state index contributed by atoms with van der Waals surface area (Å²) in [6.45, 7) is 2.23. The van der Waals surface area contributed by atoms with E-state index >= 15 is 0 Å². The number of nitrogens with zero attached hydrogens (tertiary/aromatic N) is 1. The number of unbranched alkanes of at least 4 members (excludes halogenated alkanes) is 1. The molecule has 0 saturated carbocycles. The summed E-state index contributed by atoms with van der Waals surface area (Å²) in [6.07, 6.45) is 1.88. The van der Waals surface area contributed by atoms with E-state index in [1.807, 2.05) is 0 Å². The number of amides is 3. The van der Waals surface area contributed by atoms with Crippen molar-refractivity contribution in [3.05, 3.63) is 0 Å². The van der Waals surface area contributed by atoms with Gasteiger partial charge in [-0.15, -0.1) is 0 Å². The number of nitrogens with two attached hydrogens (primary N) is 2. The normalized spacial score (nSPS) is 18.9. The first-order valence-corrected chi connectivity index (χ1v) is 9.90. The lowest BCUT2D eigenvalue weighted by Crippen LogP contribution is -2.56. The summed E-state index contributed by atoms with van der Waals surface area (Å²) in [7, 11) is 0. The Hall–Kier alpha value is -2.73. The van der Waals surface area contributed by atoms with Crippen LogP contribution in [-0.2, 0) is 24.0 Å². The first-order valence-electron chi connectivity index (χ1n) is 9.90. The van der Waals surface area contributed by atoms with Crippen LogP contribution in [0, 0.1) is 0 Å². The average molecular weight is 429 g/mol. The summed E-state index contributed by atoms with van der Waals surface area (Å²) < 4.78 is 0. The lowest BCUT2D eigenvalue weighted by molar-refractivity contribution is -0.148. The number of carbonyl (C=O) groups is 5. The minimum atomic E-state index is -1.60. The van der Waals surface area contributed by atoms with Crippen molar-refractivity contribution in [2.75, 3.05) is 13.1 Å². The summed E-state index contributed by atoms with van der Waals surface area (Å²) >= 11 is 0. The highest BCUT2D eigenvalue weighted by molar-refractivity contribution is 5.94. The van der Waals surface area contributed by atoms with Gasteiger partial charge >= 0.3 is 11.9 Å². The molecule has 1 heterocycles. The Morgan fingerprint density at radius 2 is 1.80 bits per heavy atom. The Labute approximate surface area is 174 Å². The lowest BCUT2D eigenvalue weighted by Gasteiger charge is -2.28. The first kappa shape index (κ1) is 25.3. The molecule has 0 aliphatic carbocycles. The lowest BCUT2D eigenvalue weighted by atomic mass is 10.1. The molecule has 1 saturated heterocycles. The maximum atomic E-state index is 12.7. The van der Waals surface area contributed by atoms with Crippen LogP contribution in [0.15, 0.2) is 0 Å². The van der Waals surface area contributed by atoms with Gasteiger partial charge in [0.05, 0.1) is 12.5 Å². The zero-order valence-corrected chi connectivity index (χ0v) is 17.0. The third kappa shape index (κ3) is 7.59. The van der Waals surface area contributed by atoms with E-state index in [9.17, 15) is 24.0 Å². The molecule has 1 rings (SSSR count). The van der Waals surface area contributed by atoms with Crippen molar-refractivity contribution in [1.82, 2.24) is 15.5 Å². The number of carboxylic acid groups (broad SMARTS) is 2. The van der Waals surface area contributed by atoms with Crippen LogP contribution in [-0.4, -0.2) is 82.0 Å². The van der Waals surface area contributed by atoms with Crippen molar-refractivity contribution < 1.29 is 34.2 Å². The molecule has 8 N–H and O–H groups in total. The molecule has 1 aliphatic rings. The Kier molecular flexibility index (Phi) is 10.2. The molecule has 12 nitrogen and oxygen atoms in total. The van der Waals surface area contributed by atoms with Crippen LogP contribution < -0.4 is 22.1 Å². The summed E-state index contributed by atoms with van der Waals surface area (Å²) in [5.74, 6) is -4.58. The largest absolute Gasteiger partial charge is 0.481 e. The fourth-order valence-corrected chi connectivity index (χ4v) is 3.22. The molecule has 0 aromatic carbocycles. The van der Waals surface area contributed by atoms with E-state index in [2.05, 4.69) is 10.6 Å². The third-order valence-corrected chi connectivity index (χ3v) is 4.87. The maximum absolute atomic E-state index is 12.7. The van der Waals surface area contributed by atoms with Crippen LogP contribution in [0.1, 0.15) is 45.4 Å². The average Bonchev–Trinajstić information content (AvgIpc) is 3.16. The van der Waals surface area contributed by atoms with Crippen LogP contribution in [0.25, 0.3) is 0 Å². The first-order chi connectivity index (χ1) is 14.1. The monoisotopic (exact) mass is 429 g/mol. The summed E-state index contributed by atoms with van der Waals surface area (Å²) in [5.41, 5.74) is 11.2. The van der Waals surface area contributed by atoms with E-state index in [1.165, 1.54) is 11.8 Å². The molecule has 12 heteroatoms. The van der Waals surface area contributed by atoms with Gasteiger partial charge in [-0.2, -0.15) is 0 Å². The molecular formula is C18H31N5O7.